The van der Waals surface area contributed by atoms with Gasteiger partial charge in [0.2, 0.25) is 5.91 Å². The first-order valence-electron chi connectivity index (χ1n) is 4.04. The van der Waals surface area contributed by atoms with Gasteiger partial charge >= 0.3 is 0 Å². The summed E-state index contributed by atoms with van der Waals surface area (Å²) < 4.78 is 3.73. The molecular formula is C7H12N4OS. The summed E-state index contributed by atoms with van der Waals surface area (Å²) in [6.45, 7) is 1.48. The Morgan fingerprint density at radius 2 is 2.54 bits per heavy atom. The molecule has 0 atom stereocenters. The first-order valence-corrected chi connectivity index (χ1v) is 4.87. The second-order valence-corrected chi connectivity index (χ2v) is 3.25. The van der Waals surface area contributed by atoms with Crippen LogP contribution in [-0.4, -0.2) is 22.0 Å². The summed E-state index contributed by atoms with van der Waals surface area (Å²) in [5, 5.41) is 8.89. The quantitative estimate of drug-likeness (QED) is 0.628. The van der Waals surface area contributed by atoms with Gasteiger partial charge in [0.15, 0.2) is 0 Å². The molecule has 0 aliphatic heterocycles. The van der Waals surface area contributed by atoms with Crippen molar-refractivity contribution in [2.24, 2.45) is 5.73 Å². The fourth-order valence-corrected chi connectivity index (χ4v) is 1.32. The minimum atomic E-state index is -0.253. The number of hydrogen-bond acceptors (Lipinski definition) is 5. The number of nitrogens with zero attached hydrogens (tertiary/aromatic N) is 2. The SMILES string of the molecule is NC(=O)CCCNCc1csnn1. The Kier molecular flexibility index (Phi) is 4.34. The molecule has 1 rings (SSSR count). The molecule has 0 saturated carbocycles. The first-order chi connectivity index (χ1) is 6.29. The summed E-state index contributed by atoms with van der Waals surface area (Å²) >= 11 is 1.33. The van der Waals surface area contributed by atoms with Gasteiger partial charge in [0.05, 0.1) is 5.69 Å². The van der Waals surface area contributed by atoms with Crippen molar-refractivity contribution in [2.45, 2.75) is 19.4 Å². The smallest absolute Gasteiger partial charge is 0.217 e. The van der Waals surface area contributed by atoms with Crippen molar-refractivity contribution in [2.75, 3.05) is 6.54 Å². The Morgan fingerprint density at radius 1 is 1.69 bits per heavy atom. The van der Waals surface area contributed by atoms with Gasteiger partial charge in [-0.2, -0.15) is 0 Å². The lowest BCUT2D eigenvalue weighted by atomic mass is 10.3. The number of carbonyl (C=O) groups is 1. The molecule has 3 N–H and O–H groups in total. The summed E-state index contributed by atoms with van der Waals surface area (Å²) in [5.74, 6) is -0.253. The molecule has 5 nitrogen and oxygen atoms in total. The minimum absolute atomic E-state index is 0.253. The molecule has 1 amide bonds. The summed E-state index contributed by atoms with van der Waals surface area (Å²) in [6, 6.07) is 0. The van der Waals surface area contributed by atoms with Crippen LogP contribution in [0.25, 0.3) is 0 Å². The molecule has 1 aromatic rings. The van der Waals surface area contributed by atoms with Gasteiger partial charge in [-0.1, -0.05) is 4.49 Å². The van der Waals surface area contributed by atoms with E-state index in [2.05, 4.69) is 14.9 Å². The molecule has 0 saturated heterocycles. The van der Waals surface area contributed by atoms with Crippen molar-refractivity contribution < 1.29 is 4.79 Å². The summed E-state index contributed by atoms with van der Waals surface area (Å²) in [6.07, 6.45) is 1.20. The van der Waals surface area contributed by atoms with Gasteiger partial charge in [-0.25, -0.2) is 0 Å². The zero-order chi connectivity index (χ0) is 9.52. The van der Waals surface area contributed by atoms with Crippen LogP contribution in [0, 0.1) is 0 Å². The fraction of sp³-hybridized carbons (Fsp3) is 0.571. The number of nitrogens with one attached hydrogen (secondary N) is 1. The van der Waals surface area contributed by atoms with Crippen LogP contribution in [0.2, 0.25) is 0 Å². The van der Waals surface area contributed by atoms with Crippen LogP contribution < -0.4 is 11.1 Å². The molecule has 0 fully saturated rings. The molecule has 13 heavy (non-hydrogen) atoms. The number of rotatable bonds is 6. The van der Waals surface area contributed by atoms with E-state index in [0.717, 1.165) is 18.7 Å². The molecule has 0 spiro atoms. The van der Waals surface area contributed by atoms with Crippen molar-refractivity contribution in [3.63, 3.8) is 0 Å². The van der Waals surface area contributed by atoms with E-state index < -0.39 is 0 Å². The van der Waals surface area contributed by atoms with E-state index in [1.165, 1.54) is 11.5 Å². The highest BCUT2D eigenvalue weighted by molar-refractivity contribution is 7.03. The predicted molar refractivity (Wildman–Crippen MR) is 50.0 cm³/mol. The molecule has 0 aliphatic carbocycles. The van der Waals surface area contributed by atoms with Gasteiger partial charge in [0.1, 0.15) is 0 Å². The molecule has 0 unspecified atom stereocenters. The van der Waals surface area contributed by atoms with Crippen LogP contribution in [0.15, 0.2) is 5.38 Å². The topological polar surface area (TPSA) is 80.9 Å². The maximum absolute atomic E-state index is 10.4. The number of primary amides is 1. The molecule has 0 bridgehead atoms. The highest BCUT2D eigenvalue weighted by Crippen LogP contribution is 1.95. The largest absolute Gasteiger partial charge is 0.370 e. The minimum Gasteiger partial charge on any atom is -0.370 e. The van der Waals surface area contributed by atoms with E-state index in [0.29, 0.717) is 13.0 Å². The second-order valence-electron chi connectivity index (χ2n) is 2.64. The number of carbonyl (C=O) groups excluding carboxylic acids is 1. The summed E-state index contributed by atoms with van der Waals surface area (Å²) in [5.41, 5.74) is 5.92. The molecular weight excluding hydrogens is 188 g/mol. The Labute approximate surface area is 80.5 Å². The molecule has 1 heterocycles. The van der Waals surface area contributed by atoms with Gasteiger partial charge < -0.3 is 11.1 Å². The van der Waals surface area contributed by atoms with Crippen molar-refractivity contribution in [1.29, 1.82) is 0 Å². The van der Waals surface area contributed by atoms with E-state index in [9.17, 15) is 4.79 Å². The van der Waals surface area contributed by atoms with Crippen molar-refractivity contribution in [3.05, 3.63) is 11.1 Å². The summed E-state index contributed by atoms with van der Waals surface area (Å²) in [7, 11) is 0. The van der Waals surface area contributed by atoms with Gasteiger partial charge in [-0.3, -0.25) is 4.79 Å². The number of hydrogen-bond donors (Lipinski definition) is 2. The number of amides is 1. The molecule has 72 valence electrons. The van der Waals surface area contributed by atoms with E-state index in [-0.39, 0.29) is 5.91 Å². The van der Waals surface area contributed by atoms with Gasteiger partial charge in [-0.05, 0) is 24.5 Å². The van der Waals surface area contributed by atoms with Crippen LogP contribution in [0.1, 0.15) is 18.5 Å². The van der Waals surface area contributed by atoms with E-state index >= 15 is 0 Å². The highest BCUT2D eigenvalue weighted by atomic mass is 32.1. The Bertz CT molecular complexity index is 249. The molecule has 0 aliphatic rings. The molecule has 1 aromatic heterocycles. The maximum atomic E-state index is 10.4. The van der Waals surface area contributed by atoms with E-state index in [1.54, 1.807) is 0 Å². The zero-order valence-corrected chi connectivity index (χ0v) is 8.01. The number of aromatic nitrogens is 2. The normalized spacial score (nSPS) is 10.2. The standard InChI is InChI=1S/C7H12N4OS/c8-7(12)2-1-3-9-4-6-5-13-11-10-6/h5,9H,1-4H2,(H2,8,12). The Hall–Kier alpha value is -1.01. The predicted octanol–water partition coefficient (Wildman–Crippen LogP) is -0.107. The zero-order valence-electron chi connectivity index (χ0n) is 7.19. The monoisotopic (exact) mass is 200 g/mol. The first kappa shape index (κ1) is 10.1. The maximum Gasteiger partial charge on any atom is 0.217 e. The van der Waals surface area contributed by atoms with Crippen molar-refractivity contribution in [1.82, 2.24) is 14.9 Å². The van der Waals surface area contributed by atoms with Gasteiger partial charge in [-0.15, -0.1) is 5.10 Å². The Morgan fingerprint density at radius 3 is 3.15 bits per heavy atom. The van der Waals surface area contributed by atoms with Gasteiger partial charge in [0.25, 0.3) is 0 Å². The summed E-state index contributed by atoms with van der Waals surface area (Å²) in [4.78, 5) is 10.4. The average Bonchev–Trinajstić information content (AvgIpc) is 2.55. The van der Waals surface area contributed by atoms with Crippen molar-refractivity contribution in [3.8, 4) is 0 Å². The van der Waals surface area contributed by atoms with Crippen LogP contribution in [0.3, 0.4) is 0 Å². The average molecular weight is 200 g/mol. The number of nitrogens with two attached hydrogens (primary N) is 1. The lowest BCUT2D eigenvalue weighted by Gasteiger charge is -1.99. The van der Waals surface area contributed by atoms with Crippen LogP contribution in [0.5, 0.6) is 0 Å². The third-order valence-corrected chi connectivity index (χ3v) is 2.04. The van der Waals surface area contributed by atoms with Crippen LogP contribution in [0.4, 0.5) is 0 Å². The lowest BCUT2D eigenvalue weighted by molar-refractivity contribution is -0.118. The lowest BCUT2D eigenvalue weighted by Crippen LogP contribution is -2.18. The third kappa shape index (κ3) is 4.54. The van der Waals surface area contributed by atoms with Gasteiger partial charge in [0, 0.05) is 18.3 Å². The third-order valence-electron chi connectivity index (χ3n) is 1.49. The second kappa shape index (κ2) is 5.60. The van der Waals surface area contributed by atoms with E-state index in [4.69, 9.17) is 5.73 Å². The molecule has 0 radical (unpaired) electrons. The van der Waals surface area contributed by atoms with Crippen molar-refractivity contribution >= 4 is 17.4 Å². The fourth-order valence-electron chi connectivity index (χ4n) is 0.865. The Balaban J connectivity index is 1.99. The molecule has 0 aromatic carbocycles. The van der Waals surface area contributed by atoms with Crippen LogP contribution in [-0.2, 0) is 11.3 Å². The molecule has 6 heteroatoms. The van der Waals surface area contributed by atoms with Crippen LogP contribution >= 0.6 is 11.5 Å². The highest BCUT2D eigenvalue weighted by Gasteiger charge is 1.96. The van der Waals surface area contributed by atoms with E-state index in [1.807, 2.05) is 5.38 Å².